The lowest BCUT2D eigenvalue weighted by Gasteiger charge is -2.43. The summed E-state index contributed by atoms with van der Waals surface area (Å²) in [4.78, 5) is 12.2. The Balaban J connectivity index is 2.15. The molecule has 10 heteroatoms. The molecular weight excluding hydrogens is 416 g/mol. The number of hydrogen-bond donors (Lipinski definition) is 3. The van der Waals surface area contributed by atoms with Crippen LogP contribution in [0.15, 0.2) is 29.2 Å². The average molecular weight is 443 g/mol. The highest BCUT2D eigenvalue weighted by molar-refractivity contribution is 8.00. The first-order chi connectivity index (χ1) is 13.7. The Hall–Kier alpha value is -1.77. The minimum Gasteiger partial charge on any atom is -0.481 e. The molecule has 1 saturated heterocycles. The molecule has 1 heterocycles. The molecule has 0 bridgehead atoms. The number of hydroxylamine groups is 1. The summed E-state index contributed by atoms with van der Waals surface area (Å²) in [6.07, 6.45) is 1.20. The van der Waals surface area contributed by atoms with E-state index >= 15 is 0 Å². The van der Waals surface area contributed by atoms with Gasteiger partial charge in [0.1, 0.15) is 18.4 Å². The smallest absolute Gasteiger partial charge is 0.263 e. The van der Waals surface area contributed by atoms with Crippen LogP contribution < -0.4 is 10.2 Å². The number of unbranched alkanes of at least 4 members (excludes halogenated alkanes) is 1. The Morgan fingerprint density at radius 1 is 1.34 bits per heavy atom. The van der Waals surface area contributed by atoms with E-state index in [0.29, 0.717) is 24.3 Å². The second kappa shape index (κ2) is 10.3. The highest BCUT2D eigenvalue weighted by Gasteiger charge is 2.48. The summed E-state index contributed by atoms with van der Waals surface area (Å²) in [5.41, 5.74) is 1.59. The van der Waals surface area contributed by atoms with Gasteiger partial charge in [-0.15, -0.1) is 0 Å². The zero-order valence-electron chi connectivity index (χ0n) is 16.4. The maximum Gasteiger partial charge on any atom is 0.263 e. The molecule has 3 N–H and O–H groups in total. The molecule has 1 amide bonds. The lowest BCUT2D eigenvalue weighted by molar-refractivity contribution is -0.134. The summed E-state index contributed by atoms with van der Waals surface area (Å²) in [5, 5.41) is 17.8. The van der Waals surface area contributed by atoms with Crippen LogP contribution in [-0.4, -0.2) is 65.2 Å². The molecule has 160 valence electrons. The molecular formula is C19H26N2O6S2. The summed E-state index contributed by atoms with van der Waals surface area (Å²) in [6.45, 7) is 3.97. The van der Waals surface area contributed by atoms with Gasteiger partial charge in [-0.1, -0.05) is 11.8 Å². The van der Waals surface area contributed by atoms with Crippen molar-refractivity contribution in [2.45, 2.75) is 42.4 Å². The Morgan fingerprint density at radius 2 is 2.03 bits per heavy atom. The summed E-state index contributed by atoms with van der Waals surface area (Å²) < 4.78 is 32.2. The molecule has 1 aliphatic heterocycles. The first-order valence-electron chi connectivity index (χ1n) is 9.13. The number of rotatable bonds is 7. The maximum absolute atomic E-state index is 13.1. The third kappa shape index (κ3) is 5.87. The third-order valence-corrected chi connectivity index (χ3v) is 7.65. The van der Waals surface area contributed by atoms with Gasteiger partial charge in [-0.3, -0.25) is 10.0 Å². The number of aliphatic hydroxyl groups is 1. The number of benzene rings is 1. The predicted octanol–water partition coefficient (Wildman–Crippen LogP) is 1.23. The summed E-state index contributed by atoms with van der Waals surface area (Å²) in [6, 6.07) is 4.88. The minimum absolute atomic E-state index is 0.0392. The van der Waals surface area contributed by atoms with Gasteiger partial charge in [0.25, 0.3) is 5.91 Å². The highest BCUT2D eigenvalue weighted by atomic mass is 32.2. The largest absolute Gasteiger partial charge is 0.481 e. The van der Waals surface area contributed by atoms with Gasteiger partial charge in [0.2, 0.25) is 10.0 Å². The molecule has 1 atom stereocenters. The van der Waals surface area contributed by atoms with E-state index in [0.717, 1.165) is 4.31 Å². The van der Waals surface area contributed by atoms with Gasteiger partial charge < -0.3 is 9.84 Å². The lowest BCUT2D eigenvalue weighted by atomic mass is 10.0. The number of ether oxygens (including phenoxy) is 1. The van der Waals surface area contributed by atoms with Crippen LogP contribution in [0.5, 0.6) is 5.75 Å². The summed E-state index contributed by atoms with van der Waals surface area (Å²) in [5.74, 6) is 5.94. The van der Waals surface area contributed by atoms with Crippen LogP contribution in [0, 0.1) is 11.8 Å². The molecule has 0 aromatic heterocycles. The number of nitrogens with zero attached hydrogens (tertiary/aromatic N) is 1. The SMILES string of the molecule is CC1(C)SCCN(S(=O)(=O)c2ccc(OCC#CCCCO)cc2)C1C(=O)NO. The number of amides is 1. The Morgan fingerprint density at radius 3 is 2.66 bits per heavy atom. The topological polar surface area (TPSA) is 116 Å². The van der Waals surface area contributed by atoms with Gasteiger partial charge in [-0.05, 0) is 44.5 Å². The first kappa shape index (κ1) is 23.5. The number of hydrogen-bond acceptors (Lipinski definition) is 7. The van der Waals surface area contributed by atoms with Gasteiger partial charge >= 0.3 is 0 Å². The van der Waals surface area contributed by atoms with Gasteiger partial charge in [0, 0.05) is 30.1 Å². The molecule has 1 unspecified atom stereocenters. The van der Waals surface area contributed by atoms with Crippen molar-refractivity contribution in [1.82, 2.24) is 9.79 Å². The van der Waals surface area contributed by atoms with E-state index < -0.39 is 26.7 Å². The number of carbonyl (C=O) groups is 1. The van der Waals surface area contributed by atoms with Crippen molar-refractivity contribution in [1.29, 1.82) is 0 Å². The van der Waals surface area contributed by atoms with Crippen LogP contribution in [0.1, 0.15) is 26.7 Å². The van der Waals surface area contributed by atoms with Gasteiger partial charge in [-0.25, -0.2) is 13.9 Å². The van der Waals surface area contributed by atoms with Gasteiger partial charge in [0.05, 0.1) is 4.90 Å². The molecule has 0 radical (unpaired) electrons. The van der Waals surface area contributed by atoms with E-state index in [1.54, 1.807) is 19.3 Å². The number of aliphatic hydroxyl groups excluding tert-OH is 1. The van der Waals surface area contributed by atoms with E-state index in [1.165, 1.54) is 36.0 Å². The second-order valence-electron chi connectivity index (χ2n) is 6.89. The van der Waals surface area contributed by atoms with Crippen LogP contribution in [0.4, 0.5) is 0 Å². The van der Waals surface area contributed by atoms with Crippen LogP contribution in [0.25, 0.3) is 0 Å². The first-order valence-corrected chi connectivity index (χ1v) is 11.6. The maximum atomic E-state index is 13.1. The molecule has 8 nitrogen and oxygen atoms in total. The molecule has 1 fully saturated rings. The molecule has 0 saturated carbocycles. The van der Waals surface area contributed by atoms with Gasteiger partial charge in [-0.2, -0.15) is 16.1 Å². The van der Waals surface area contributed by atoms with Crippen LogP contribution in [-0.2, 0) is 14.8 Å². The van der Waals surface area contributed by atoms with Crippen molar-refractivity contribution in [3.8, 4) is 17.6 Å². The molecule has 2 rings (SSSR count). The predicted molar refractivity (Wildman–Crippen MR) is 110 cm³/mol. The van der Waals surface area contributed by atoms with Crippen molar-refractivity contribution in [3.05, 3.63) is 24.3 Å². The average Bonchev–Trinajstić information content (AvgIpc) is 2.69. The minimum atomic E-state index is -3.95. The quantitative estimate of drug-likeness (QED) is 0.252. The van der Waals surface area contributed by atoms with Crippen molar-refractivity contribution in [2.24, 2.45) is 0 Å². The van der Waals surface area contributed by atoms with E-state index in [2.05, 4.69) is 11.8 Å². The van der Waals surface area contributed by atoms with E-state index in [9.17, 15) is 13.2 Å². The van der Waals surface area contributed by atoms with Crippen molar-refractivity contribution in [2.75, 3.05) is 25.5 Å². The Labute approximate surface area is 175 Å². The standard InChI is InChI=1S/C19H26N2O6S2/c1-19(2)17(18(23)20-24)21(11-14-28-19)29(25,26)16-9-7-15(8-10-16)27-13-6-4-3-5-12-22/h7-10,17,22,24H,3,5,11-14H2,1-2H3,(H,20,23). The second-order valence-corrected chi connectivity index (χ2v) is 10.5. The normalized spacial score (nSPS) is 19.1. The molecule has 1 aromatic carbocycles. The Bertz CT molecular complexity index is 859. The zero-order chi connectivity index (χ0) is 21.5. The molecule has 0 spiro atoms. The molecule has 0 aliphatic carbocycles. The highest BCUT2D eigenvalue weighted by Crippen LogP contribution is 2.38. The Kier molecular flexibility index (Phi) is 8.36. The third-order valence-electron chi connectivity index (χ3n) is 4.42. The summed E-state index contributed by atoms with van der Waals surface area (Å²) >= 11 is 1.48. The zero-order valence-corrected chi connectivity index (χ0v) is 18.1. The fourth-order valence-electron chi connectivity index (χ4n) is 2.99. The van der Waals surface area contributed by atoms with Gasteiger partial charge in [0.15, 0.2) is 0 Å². The van der Waals surface area contributed by atoms with Crippen molar-refractivity contribution >= 4 is 27.7 Å². The number of thioether (sulfide) groups is 1. The molecule has 1 aromatic rings. The van der Waals surface area contributed by atoms with E-state index in [1.807, 2.05) is 0 Å². The number of sulfonamides is 1. The fraction of sp³-hybridized carbons (Fsp3) is 0.526. The number of nitrogens with one attached hydrogen (secondary N) is 1. The fourth-order valence-corrected chi connectivity index (χ4v) is 6.10. The molecule has 1 aliphatic rings. The molecule has 29 heavy (non-hydrogen) atoms. The summed E-state index contributed by atoms with van der Waals surface area (Å²) in [7, 11) is -3.95. The van der Waals surface area contributed by atoms with Crippen LogP contribution in [0.2, 0.25) is 0 Å². The van der Waals surface area contributed by atoms with Crippen molar-refractivity contribution in [3.63, 3.8) is 0 Å². The van der Waals surface area contributed by atoms with Crippen LogP contribution >= 0.6 is 11.8 Å². The van der Waals surface area contributed by atoms with Crippen LogP contribution in [0.3, 0.4) is 0 Å². The van der Waals surface area contributed by atoms with E-state index in [4.69, 9.17) is 15.1 Å². The lowest BCUT2D eigenvalue weighted by Crippen LogP contribution is -2.61. The van der Waals surface area contributed by atoms with E-state index in [-0.39, 0.29) is 24.7 Å². The monoisotopic (exact) mass is 442 g/mol. The van der Waals surface area contributed by atoms with Crippen molar-refractivity contribution < 1.29 is 28.3 Å². The number of carbonyl (C=O) groups excluding carboxylic acids is 1.